The topological polar surface area (TPSA) is 42.0 Å². The van der Waals surface area contributed by atoms with Gasteiger partial charge < -0.3 is 5.32 Å². The predicted molar refractivity (Wildman–Crippen MR) is 88.8 cm³/mol. The van der Waals surface area contributed by atoms with Gasteiger partial charge >= 0.3 is 6.18 Å². The molecule has 2 aromatic carbocycles. The van der Waals surface area contributed by atoms with Crippen LogP contribution >= 0.6 is 22.9 Å². The molecular weight excluding hydrogens is 361 g/mol. The number of nitrogens with zero attached hydrogens (tertiary/aromatic N) is 1. The number of carbonyl (C=O) groups excluding carboxylic acids is 1. The highest BCUT2D eigenvalue weighted by atomic mass is 35.5. The van der Waals surface area contributed by atoms with Gasteiger partial charge in [0.15, 0.2) is 0 Å². The van der Waals surface area contributed by atoms with E-state index in [1.165, 1.54) is 17.4 Å². The fourth-order valence-corrected chi connectivity index (χ4v) is 3.43. The van der Waals surface area contributed by atoms with Crippen LogP contribution in [0.2, 0.25) is 5.02 Å². The molecule has 0 aliphatic heterocycles. The zero-order valence-corrected chi connectivity index (χ0v) is 13.8. The number of amides is 1. The molecule has 0 fully saturated rings. The van der Waals surface area contributed by atoms with Gasteiger partial charge in [-0.15, -0.1) is 11.3 Å². The van der Waals surface area contributed by atoms with Crippen molar-refractivity contribution >= 4 is 44.7 Å². The SMILES string of the molecule is Cc1nc2ccc(NC(=O)c3cccc(C(F)(F)F)c3Cl)cc2s1. The molecule has 1 heterocycles. The van der Waals surface area contributed by atoms with Crippen LogP contribution in [0.25, 0.3) is 10.2 Å². The Morgan fingerprint density at radius 1 is 1.25 bits per heavy atom. The van der Waals surface area contributed by atoms with E-state index in [-0.39, 0.29) is 5.56 Å². The zero-order chi connectivity index (χ0) is 17.5. The minimum absolute atomic E-state index is 0.230. The molecule has 0 saturated heterocycles. The monoisotopic (exact) mass is 370 g/mol. The van der Waals surface area contributed by atoms with Gasteiger partial charge in [-0.2, -0.15) is 13.2 Å². The first-order chi connectivity index (χ1) is 11.3. The van der Waals surface area contributed by atoms with E-state index < -0.39 is 22.7 Å². The van der Waals surface area contributed by atoms with Crippen molar-refractivity contribution in [2.24, 2.45) is 0 Å². The molecule has 1 N–H and O–H groups in total. The second-order valence-electron chi connectivity index (χ2n) is 5.03. The van der Waals surface area contributed by atoms with E-state index in [2.05, 4.69) is 10.3 Å². The summed E-state index contributed by atoms with van der Waals surface area (Å²) < 4.78 is 39.5. The average molecular weight is 371 g/mol. The lowest BCUT2D eigenvalue weighted by Gasteiger charge is -2.12. The molecule has 3 rings (SSSR count). The van der Waals surface area contributed by atoms with Crippen molar-refractivity contribution in [1.82, 2.24) is 4.98 Å². The Bertz CT molecular complexity index is 937. The van der Waals surface area contributed by atoms with E-state index in [1.807, 2.05) is 6.92 Å². The van der Waals surface area contributed by atoms with Crippen LogP contribution in [-0.4, -0.2) is 10.9 Å². The normalized spacial score (nSPS) is 11.7. The lowest BCUT2D eigenvalue weighted by Crippen LogP contribution is -2.15. The summed E-state index contributed by atoms with van der Waals surface area (Å²) in [6.07, 6.45) is -4.62. The number of halogens is 4. The fourth-order valence-electron chi connectivity index (χ4n) is 2.24. The number of aryl methyl sites for hydroxylation is 1. The molecule has 0 aliphatic rings. The van der Waals surface area contributed by atoms with Gasteiger partial charge in [0, 0.05) is 5.69 Å². The molecule has 24 heavy (non-hydrogen) atoms. The van der Waals surface area contributed by atoms with Crippen molar-refractivity contribution in [2.75, 3.05) is 5.32 Å². The molecule has 0 atom stereocenters. The summed E-state index contributed by atoms with van der Waals surface area (Å²) in [4.78, 5) is 16.6. The fraction of sp³-hybridized carbons (Fsp3) is 0.125. The van der Waals surface area contributed by atoms with E-state index >= 15 is 0 Å². The maximum atomic E-state index is 12.9. The van der Waals surface area contributed by atoms with Crippen molar-refractivity contribution in [3.63, 3.8) is 0 Å². The van der Waals surface area contributed by atoms with Crippen LogP contribution in [0, 0.1) is 6.92 Å². The summed E-state index contributed by atoms with van der Waals surface area (Å²) in [5.74, 6) is -0.702. The molecule has 0 spiro atoms. The highest BCUT2D eigenvalue weighted by molar-refractivity contribution is 7.18. The van der Waals surface area contributed by atoms with Crippen LogP contribution in [0.4, 0.5) is 18.9 Å². The van der Waals surface area contributed by atoms with Crippen LogP contribution in [0.3, 0.4) is 0 Å². The Hall–Kier alpha value is -2.12. The first kappa shape index (κ1) is 16.7. The van der Waals surface area contributed by atoms with Crippen LogP contribution < -0.4 is 5.32 Å². The van der Waals surface area contributed by atoms with Gasteiger partial charge in [0.05, 0.1) is 31.4 Å². The number of nitrogens with one attached hydrogen (secondary N) is 1. The number of hydrogen-bond donors (Lipinski definition) is 1. The smallest absolute Gasteiger partial charge is 0.322 e. The van der Waals surface area contributed by atoms with Gasteiger partial charge in [-0.25, -0.2) is 4.98 Å². The second-order valence-corrected chi connectivity index (χ2v) is 6.65. The number of alkyl halides is 3. The van der Waals surface area contributed by atoms with Gasteiger partial charge in [-0.3, -0.25) is 4.79 Å². The largest absolute Gasteiger partial charge is 0.417 e. The molecule has 0 bridgehead atoms. The second kappa shape index (κ2) is 6.07. The lowest BCUT2D eigenvalue weighted by atomic mass is 10.1. The number of fused-ring (bicyclic) bond motifs is 1. The maximum absolute atomic E-state index is 12.9. The number of aromatic nitrogens is 1. The maximum Gasteiger partial charge on any atom is 0.417 e. The Morgan fingerprint density at radius 2 is 2.00 bits per heavy atom. The van der Waals surface area contributed by atoms with Gasteiger partial charge in [0.25, 0.3) is 5.91 Å². The Morgan fingerprint density at radius 3 is 2.71 bits per heavy atom. The van der Waals surface area contributed by atoms with E-state index in [0.717, 1.165) is 27.4 Å². The predicted octanol–water partition coefficient (Wildman–Crippen LogP) is 5.53. The first-order valence-corrected chi connectivity index (χ1v) is 7.99. The van der Waals surface area contributed by atoms with Crippen molar-refractivity contribution in [3.8, 4) is 0 Å². The molecule has 3 nitrogen and oxygen atoms in total. The van der Waals surface area contributed by atoms with Crippen LogP contribution in [0.1, 0.15) is 20.9 Å². The number of carbonyl (C=O) groups is 1. The third kappa shape index (κ3) is 3.22. The third-order valence-electron chi connectivity index (χ3n) is 3.30. The van der Waals surface area contributed by atoms with Gasteiger partial charge in [-0.05, 0) is 37.3 Å². The van der Waals surface area contributed by atoms with E-state index in [4.69, 9.17) is 11.6 Å². The number of anilines is 1. The molecule has 0 saturated carbocycles. The zero-order valence-electron chi connectivity index (χ0n) is 12.2. The molecular formula is C16H10ClF3N2OS. The van der Waals surface area contributed by atoms with Crippen molar-refractivity contribution < 1.29 is 18.0 Å². The third-order valence-corrected chi connectivity index (χ3v) is 4.64. The summed E-state index contributed by atoms with van der Waals surface area (Å²) in [6, 6.07) is 8.34. The first-order valence-electron chi connectivity index (χ1n) is 6.80. The van der Waals surface area contributed by atoms with Crippen LogP contribution in [0.15, 0.2) is 36.4 Å². The Labute approximate surface area is 144 Å². The van der Waals surface area contributed by atoms with E-state index in [0.29, 0.717) is 5.69 Å². The molecule has 0 radical (unpaired) electrons. The molecule has 0 unspecified atom stereocenters. The molecule has 8 heteroatoms. The molecule has 3 aromatic rings. The van der Waals surface area contributed by atoms with Crippen molar-refractivity contribution in [1.29, 1.82) is 0 Å². The van der Waals surface area contributed by atoms with Gasteiger partial charge in [0.2, 0.25) is 0 Å². The van der Waals surface area contributed by atoms with E-state index in [9.17, 15) is 18.0 Å². The summed E-state index contributed by atoms with van der Waals surface area (Å²) in [7, 11) is 0. The average Bonchev–Trinajstić information content (AvgIpc) is 2.85. The molecule has 124 valence electrons. The highest BCUT2D eigenvalue weighted by Crippen LogP contribution is 2.36. The van der Waals surface area contributed by atoms with Gasteiger partial charge in [-0.1, -0.05) is 17.7 Å². The van der Waals surface area contributed by atoms with Crippen LogP contribution in [0.5, 0.6) is 0 Å². The summed E-state index contributed by atoms with van der Waals surface area (Å²) in [5, 5.41) is 2.84. The van der Waals surface area contributed by atoms with Crippen molar-refractivity contribution in [3.05, 3.63) is 57.6 Å². The standard InChI is InChI=1S/C16H10ClF3N2OS/c1-8-21-12-6-5-9(7-13(12)24-8)22-15(23)10-3-2-4-11(14(10)17)16(18,19)20/h2-7H,1H3,(H,22,23). The molecule has 1 aromatic heterocycles. The summed E-state index contributed by atoms with van der Waals surface area (Å²) >= 11 is 7.23. The van der Waals surface area contributed by atoms with Crippen molar-refractivity contribution in [2.45, 2.75) is 13.1 Å². The van der Waals surface area contributed by atoms with Gasteiger partial charge in [0.1, 0.15) is 0 Å². The number of rotatable bonds is 2. The van der Waals surface area contributed by atoms with Crippen LogP contribution in [-0.2, 0) is 6.18 Å². The number of thiazole rings is 1. The Kier molecular flexibility index (Phi) is 4.23. The molecule has 1 amide bonds. The summed E-state index contributed by atoms with van der Waals surface area (Å²) in [5.41, 5.74) is -0.00495. The minimum atomic E-state index is -4.62. The molecule has 0 aliphatic carbocycles. The quantitative estimate of drug-likeness (QED) is 0.644. The number of hydrogen-bond acceptors (Lipinski definition) is 3. The minimum Gasteiger partial charge on any atom is -0.322 e. The highest BCUT2D eigenvalue weighted by Gasteiger charge is 2.34. The number of benzene rings is 2. The van der Waals surface area contributed by atoms with E-state index in [1.54, 1.807) is 18.2 Å². The Balaban J connectivity index is 1.91. The summed E-state index contributed by atoms with van der Waals surface area (Å²) in [6.45, 7) is 1.87. The lowest BCUT2D eigenvalue weighted by molar-refractivity contribution is -0.137.